The first kappa shape index (κ1) is 29.6. The van der Waals surface area contributed by atoms with Crippen LogP contribution < -0.4 is 14.4 Å². The second kappa shape index (κ2) is 13.2. The second-order valence-corrected chi connectivity index (χ2v) is 11.0. The van der Waals surface area contributed by atoms with Crippen LogP contribution in [0.15, 0.2) is 77.7 Å². The molecule has 3 aromatic carbocycles. The van der Waals surface area contributed by atoms with E-state index in [0.29, 0.717) is 30.0 Å². The molecule has 0 radical (unpaired) electrons. The summed E-state index contributed by atoms with van der Waals surface area (Å²) in [7, 11) is -2.70. The highest BCUT2D eigenvalue weighted by Crippen LogP contribution is 2.26. The minimum atomic E-state index is -4.18. The molecule has 39 heavy (non-hydrogen) atoms. The van der Waals surface area contributed by atoms with Crippen LogP contribution >= 0.6 is 0 Å². The monoisotopic (exact) mass is 555 g/mol. The number of hydrogen-bond acceptors (Lipinski definition) is 5. The summed E-state index contributed by atoms with van der Waals surface area (Å²) in [5, 5.41) is 2.78. The molecule has 3 aromatic rings. The zero-order chi connectivity index (χ0) is 28.6. The van der Waals surface area contributed by atoms with Crippen molar-refractivity contribution in [3.63, 3.8) is 0 Å². The molecular formula is C29H34FN3O5S. The van der Waals surface area contributed by atoms with Crippen molar-refractivity contribution in [3.05, 3.63) is 89.7 Å². The molecule has 3 rings (SSSR count). The number of rotatable bonds is 12. The maximum Gasteiger partial charge on any atom is 0.264 e. The first-order chi connectivity index (χ1) is 18.6. The van der Waals surface area contributed by atoms with Crippen molar-refractivity contribution in [1.82, 2.24) is 10.2 Å². The lowest BCUT2D eigenvalue weighted by Gasteiger charge is -2.32. The molecule has 0 aliphatic carbocycles. The van der Waals surface area contributed by atoms with Gasteiger partial charge in [0.15, 0.2) is 0 Å². The number of anilines is 1. The summed E-state index contributed by atoms with van der Waals surface area (Å²) < 4.78 is 47.3. The summed E-state index contributed by atoms with van der Waals surface area (Å²) in [6.45, 7) is 5.24. The van der Waals surface area contributed by atoms with Gasteiger partial charge in [0.05, 0.1) is 17.7 Å². The average molecular weight is 556 g/mol. The number of sulfonamides is 1. The summed E-state index contributed by atoms with van der Waals surface area (Å²) in [5.41, 5.74) is 1.82. The quantitative estimate of drug-likeness (QED) is 0.360. The van der Waals surface area contributed by atoms with E-state index in [1.165, 1.54) is 60.5 Å². The lowest BCUT2D eigenvalue weighted by molar-refractivity contribution is -0.139. The molecule has 0 aromatic heterocycles. The normalized spacial score (nSPS) is 11.9. The van der Waals surface area contributed by atoms with E-state index < -0.39 is 34.3 Å². The van der Waals surface area contributed by atoms with Crippen LogP contribution in [-0.2, 0) is 26.2 Å². The zero-order valence-electron chi connectivity index (χ0n) is 22.6. The van der Waals surface area contributed by atoms with Gasteiger partial charge >= 0.3 is 0 Å². The molecule has 0 aliphatic rings. The highest BCUT2D eigenvalue weighted by atomic mass is 32.2. The number of carbonyl (C=O) groups excluding carboxylic acids is 2. The summed E-state index contributed by atoms with van der Waals surface area (Å²) in [5.74, 6) is -0.894. The number of carbonyl (C=O) groups is 2. The molecule has 8 nitrogen and oxygen atoms in total. The molecule has 0 saturated carbocycles. The van der Waals surface area contributed by atoms with Crippen molar-refractivity contribution < 1.29 is 27.1 Å². The van der Waals surface area contributed by atoms with Crippen LogP contribution in [0.1, 0.15) is 31.4 Å². The smallest absolute Gasteiger partial charge is 0.264 e. The number of nitrogens with zero attached hydrogens (tertiary/aromatic N) is 2. The van der Waals surface area contributed by atoms with Gasteiger partial charge in [-0.05, 0) is 74.4 Å². The number of benzene rings is 3. The van der Waals surface area contributed by atoms with Crippen LogP contribution in [0.2, 0.25) is 0 Å². The largest absolute Gasteiger partial charge is 0.497 e. The third-order valence-corrected chi connectivity index (χ3v) is 8.02. The van der Waals surface area contributed by atoms with E-state index in [2.05, 4.69) is 5.32 Å². The first-order valence-electron chi connectivity index (χ1n) is 12.6. The van der Waals surface area contributed by atoms with Gasteiger partial charge in [0.25, 0.3) is 10.0 Å². The van der Waals surface area contributed by atoms with Crippen molar-refractivity contribution in [3.8, 4) is 5.75 Å². The third kappa shape index (κ3) is 7.57. The Kier molecular flexibility index (Phi) is 10.1. The standard InChI is InChI=1S/C29H34FN3O5S/c1-5-18-31-29(35)22(3)32(19-23-8-10-24(30)11-9-23)28(34)20-33(25-12-6-21(2)7-13-25)39(36,37)27-16-14-26(38-4)15-17-27/h6-17,22H,5,18-20H2,1-4H3,(H,31,35)/t22-/m1/s1. The van der Waals surface area contributed by atoms with E-state index in [0.717, 1.165) is 9.87 Å². The Hall–Kier alpha value is -3.92. The highest BCUT2D eigenvalue weighted by Gasteiger charge is 2.32. The van der Waals surface area contributed by atoms with E-state index in [1.807, 2.05) is 13.8 Å². The van der Waals surface area contributed by atoms with Crippen LogP contribution in [0.25, 0.3) is 0 Å². The van der Waals surface area contributed by atoms with Gasteiger partial charge in [-0.3, -0.25) is 13.9 Å². The lowest BCUT2D eigenvalue weighted by atomic mass is 10.1. The SMILES string of the molecule is CCCNC(=O)[C@@H](C)N(Cc1ccc(F)cc1)C(=O)CN(c1ccc(C)cc1)S(=O)(=O)c1ccc(OC)cc1. The van der Waals surface area contributed by atoms with E-state index in [-0.39, 0.29) is 17.3 Å². The predicted molar refractivity (Wildman–Crippen MR) is 148 cm³/mol. The van der Waals surface area contributed by atoms with E-state index in [1.54, 1.807) is 31.2 Å². The number of nitrogens with one attached hydrogen (secondary N) is 1. The molecule has 2 amide bonds. The van der Waals surface area contributed by atoms with Gasteiger partial charge in [0.2, 0.25) is 11.8 Å². The Balaban J connectivity index is 2.00. The van der Waals surface area contributed by atoms with Gasteiger partial charge in [-0.2, -0.15) is 0 Å². The maximum atomic E-state index is 13.8. The van der Waals surface area contributed by atoms with Crippen molar-refractivity contribution in [2.75, 3.05) is 24.5 Å². The van der Waals surface area contributed by atoms with E-state index in [9.17, 15) is 22.4 Å². The molecular weight excluding hydrogens is 521 g/mol. The van der Waals surface area contributed by atoms with Gasteiger partial charge in [0, 0.05) is 13.1 Å². The molecule has 208 valence electrons. The van der Waals surface area contributed by atoms with E-state index in [4.69, 9.17) is 4.74 Å². The van der Waals surface area contributed by atoms with Crippen LogP contribution in [0.3, 0.4) is 0 Å². The summed E-state index contributed by atoms with van der Waals surface area (Å²) in [6, 6.07) is 17.4. The van der Waals surface area contributed by atoms with Crippen LogP contribution in [-0.4, -0.2) is 51.4 Å². The zero-order valence-corrected chi connectivity index (χ0v) is 23.4. The van der Waals surface area contributed by atoms with Crippen LogP contribution in [0.5, 0.6) is 5.75 Å². The molecule has 0 spiro atoms. The Bertz CT molecular complexity index is 1360. The molecule has 0 heterocycles. The molecule has 0 unspecified atom stereocenters. The molecule has 10 heteroatoms. The topological polar surface area (TPSA) is 96.0 Å². The summed E-state index contributed by atoms with van der Waals surface area (Å²) in [4.78, 5) is 28.0. The van der Waals surface area contributed by atoms with Gasteiger partial charge < -0.3 is 15.0 Å². The summed E-state index contributed by atoms with van der Waals surface area (Å²) >= 11 is 0. The van der Waals surface area contributed by atoms with Gasteiger partial charge in [0.1, 0.15) is 24.2 Å². The number of hydrogen-bond donors (Lipinski definition) is 1. The minimum absolute atomic E-state index is 0.00978. The van der Waals surface area contributed by atoms with Gasteiger partial charge in [-0.1, -0.05) is 36.8 Å². The molecule has 0 bridgehead atoms. The Morgan fingerprint density at radius 2 is 1.59 bits per heavy atom. The fourth-order valence-electron chi connectivity index (χ4n) is 3.88. The van der Waals surface area contributed by atoms with Gasteiger partial charge in [-0.15, -0.1) is 0 Å². The third-order valence-electron chi connectivity index (χ3n) is 6.23. The average Bonchev–Trinajstić information content (AvgIpc) is 2.94. The number of halogens is 1. The number of methoxy groups -OCH3 is 1. The highest BCUT2D eigenvalue weighted by molar-refractivity contribution is 7.92. The maximum absolute atomic E-state index is 13.8. The number of ether oxygens (including phenoxy) is 1. The number of amides is 2. The second-order valence-electron chi connectivity index (χ2n) is 9.14. The van der Waals surface area contributed by atoms with Gasteiger partial charge in [-0.25, -0.2) is 12.8 Å². The van der Waals surface area contributed by atoms with Crippen molar-refractivity contribution in [1.29, 1.82) is 0 Å². The molecule has 0 saturated heterocycles. The van der Waals surface area contributed by atoms with Crippen LogP contribution in [0.4, 0.5) is 10.1 Å². The Morgan fingerprint density at radius 3 is 2.15 bits per heavy atom. The predicted octanol–water partition coefficient (Wildman–Crippen LogP) is 4.28. The van der Waals surface area contributed by atoms with E-state index >= 15 is 0 Å². The Labute approximate surface area is 229 Å². The molecule has 0 fully saturated rings. The van der Waals surface area contributed by atoms with Crippen molar-refractivity contribution in [2.24, 2.45) is 0 Å². The first-order valence-corrected chi connectivity index (χ1v) is 14.1. The lowest BCUT2D eigenvalue weighted by Crippen LogP contribution is -2.51. The molecule has 0 aliphatic heterocycles. The van der Waals surface area contributed by atoms with Crippen molar-refractivity contribution in [2.45, 2.75) is 44.7 Å². The molecule has 1 N–H and O–H groups in total. The molecule has 1 atom stereocenters. The van der Waals surface area contributed by atoms with Crippen LogP contribution in [0, 0.1) is 12.7 Å². The fraction of sp³-hybridized carbons (Fsp3) is 0.310. The fourth-order valence-corrected chi connectivity index (χ4v) is 5.29. The Morgan fingerprint density at radius 1 is 0.974 bits per heavy atom. The summed E-state index contributed by atoms with van der Waals surface area (Å²) in [6.07, 6.45) is 0.714. The minimum Gasteiger partial charge on any atom is -0.497 e. The number of aryl methyl sites for hydroxylation is 1. The van der Waals surface area contributed by atoms with Crippen molar-refractivity contribution >= 4 is 27.5 Å².